The molecule has 1 aromatic rings. The van der Waals surface area contributed by atoms with E-state index >= 15 is 0 Å². The Kier molecular flexibility index (Phi) is 7.53. The van der Waals surface area contributed by atoms with E-state index in [1.165, 1.54) is 0 Å². The Hall–Kier alpha value is -0.400. The molecule has 18 heavy (non-hydrogen) atoms. The Labute approximate surface area is 112 Å². The number of hydrogen-bond donors (Lipinski definition) is 1. The number of thioether (sulfide) groups is 1. The number of nitrogens with one attached hydrogen (secondary N) is 1. The molecule has 1 heterocycles. The average Bonchev–Trinajstić information content (AvgIpc) is 2.79. The minimum absolute atomic E-state index is 0.178. The molecule has 0 saturated heterocycles. The fourth-order valence-electron chi connectivity index (χ4n) is 1.28. The van der Waals surface area contributed by atoms with Gasteiger partial charge in [-0.25, -0.2) is 0 Å². The third kappa shape index (κ3) is 6.51. The van der Waals surface area contributed by atoms with E-state index in [1.807, 2.05) is 6.92 Å². The fourth-order valence-corrected chi connectivity index (χ4v) is 2.39. The van der Waals surface area contributed by atoms with Crippen LogP contribution in [0.5, 0.6) is 0 Å². The van der Waals surface area contributed by atoms with Crippen molar-refractivity contribution in [2.24, 2.45) is 0 Å². The van der Waals surface area contributed by atoms with Crippen molar-refractivity contribution in [2.45, 2.75) is 25.0 Å². The summed E-state index contributed by atoms with van der Waals surface area (Å²) in [6.45, 7) is 3.07. The number of furan rings is 1. The molecule has 0 aliphatic heterocycles. The first kappa shape index (κ1) is 15.7. The molecule has 0 aliphatic rings. The van der Waals surface area contributed by atoms with Gasteiger partial charge in [-0.05, 0) is 12.1 Å². The number of alkyl halides is 2. The van der Waals surface area contributed by atoms with E-state index in [0.717, 1.165) is 0 Å². The summed E-state index contributed by atoms with van der Waals surface area (Å²) in [5.41, 5.74) is 0. The van der Waals surface area contributed by atoms with Gasteiger partial charge in [0.25, 0.3) is 5.76 Å². The molecule has 0 fully saturated rings. The molecule has 1 N–H and O–H groups in total. The van der Waals surface area contributed by atoms with Gasteiger partial charge in [0.15, 0.2) is 0 Å². The van der Waals surface area contributed by atoms with Gasteiger partial charge in [0.05, 0.1) is 12.3 Å². The smallest absolute Gasteiger partial charge is 0.284 e. The monoisotopic (exact) mass is 297 g/mol. The van der Waals surface area contributed by atoms with Gasteiger partial charge in [-0.1, -0.05) is 18.7 Å². The lowest BCUT2D eigenvalue weighted by molar-refractivity contribution is 0.251. The van der Waals surface area contributed by atoms with Crippen LogP contribution >= 0.6 is 11.8 Å². The highest BCUT2D eigenvalue weighted by atomic mass is 32.2. The lowest BCUT2D eigenvalue weighted by Gasteiger charge is -2.02. The summed E-state index contributed by atoms with van der Waals surface area (Å²) in [5.74, 6) is 0.345. The van der Waals surface area contributed by atoms with E-state index in [1.54, 1.807) is 12.1 Å². The first-order valence-corrected chi connectivity index (χ1v) is 8.18. The van der Waals surface area contributed by atoms with E-state index in [-0.39, 0.29) is 5.75 Å². The lowest BCUT2D eigenvalue weighted by Crippen LogP contribution is -2.20. The summed E-state index contributed by atoms with van der Waals surface area (Å²) in [5, 5.41) is 3.10. The van der Waals surface area contributed by atoms with Crippen molar-refractivity contribution in [1.29, 1.82) is 0 Å². The lowest BCUT2D eigenvalue weighted by atomic mass is 10.4. The number of hydrogen-bond acceptors (Lipinski definition) is 4. The minimum Gasteiger partial charge on any atom is -0.464 e. The molecule has 0 radical (unpaired) electrons. The van der Waals surface area contributed by atoms with Gasteiger partial charge in [-0.3, -0.25) is 4.21 Å². The molecular weight excluding hydrogens is 280 g/mol. The molecule has 0 amide bonds. The zero-order valence-electron chi connectivity index (χ0n) is 10.2. The van der Waals surface area contributed by atoms with Crippen molar-refractivity contribution in [2.75, 3.05) is 18.1 Å². The van der Waals surface area contributed by atoms with E-state index in [9.17, 15) is 13.0 Å². The van der Waals surface area contributed by atoms with Crippen LogP contribution in [0.2, 0.25) is 0 Å². The van der Waals surface area contributed by atoms with E-state index in [4.69, 9.17) is 4.42 Å². The summed E-state index contributed by atoms with van der Waals surface area (Å²) in [4.78, 5) is 0. The zero-order valence-corrected chi connectivity index (χ0v) is 11.8. The van der Waals surface area contributed by atoms with Gasteiger partial charge in [0, 0.05) is 28.9 Å². The largest absolute Gasteiger partial charge is 0.464 e. The molecule has 0 saturated carbocycles. The second-order valence-electron chi connectivity index (χ2n) is 3.55. The van der Waals surface area contributed by atoms with Gasteiger partial charge in [0.1, 0.15) is 11.5 Å². The predicted octanol–water partition coefficient (Wildman–Crippen LogP) is 2.59. The first-order valence-electron chi connectivity index (χ1n) is 5.65. The first-order chi connectivity index (χ1) is 8.61. The van der Waals surface area contributed by atoms with Gasteiger partial charge in [0.2, 0.25) is 0 Å². The van der Waals surface area contributed by atoms with Gasteiger partial charge < -0.3 is 9.73 Å². The minimum atomic E-state index is -2.37. The Morgan fingerprint density at radius 3 is 2.83 bits per heavy atom. The second kappa shape index (κ2) is 8.66. The summed E-state index contributed by atoms with van der Waals surface area (Å²) in [6.07, 6.45) is 0. The topological polar surface area (TPSA) is 42.2 Å². The number of rotatable bonds is 9. The van der Waals surface area contributed by atoms with Crippen molar-refractivity contribution in [3.63, 3.8) is 0 Å². The van der Waals surface area contributed by atoms with Gasteiger partial charge >= 0.3 is 0 Å². The summed E-state index contributed by atoms with van der Waals surface area (Å²) in [6, 6.07) is 3.47. The summed E-state index contributed by atoms with van der Waals surface area (Å²) < 4.78 is 40.5. The quantitative estimate of drug-likeness (QED) is 0.711. The zero-order chi connectivity index (χ0) is 13.4. The fraction of sp³-hybridized carbons (Fsp3) is 0.636. The van der Waals surface area contributed by atoms with Crippen LogP contribution in [0.4, 0.5) is 8.78 Å². The molecule has 1 rings (SSSR count). The van der Waals surface area contributed by atoms with E-state index in [0.29, 0.717) is 47.9 Å². The van der Waals surface area contributed by atoms with Crippen molar-refractivity contribution < 1.29 is 17.4 Å². The average molecular weight is 297 g/mol. The van der Waals surface area contributed by atoms with E-state index < -0.39 is 16.6 Å². The standard InChI is InChI=1S/C11H17F2NO2S2/c1-2-18(15)6-5-14-7-9-3-4-10(16-9)8-17-11(12)13/h3-4,11,14H,2,5-8H2,1H3. The highest BCUT2D eigenvalue weighted by Crippen LogP contribution is 2.21. The Morgan fingerprint density at radius 2 is 2.17 bits per heavy atom. The van der Waals surface area contributed by atoms with Crippen LogP contribution < -0.4 is 5.32 Å². The van der Waals surface area contributed by atoms with Crippen LogP contribution in [0.1, 0.15) is 18.4 Å². The summed E-state index contributed by atoms with van der Waals surface area (Å²) >= 11 is 0.545. The molecule has 1 unspecified atom stereocenters. The molecule has 0 aromatic carbocycles. The SMILES string of the molecule is CCS(=O)CCNCc1ccc(CSC(F)F)o1. The summed E-state index contributed by atoms with van der Waals surface area (Å²) in [7, 11) is -0.768. The molecule has 1 atom stereocenters. The maximum Gasteiger partial charge on any atom is 0.284 e. The van der Waals surface area contributed by atoms with Gasteiger partial charge in [-0.15, -0.1) is 0 Å². The molecule has 7 heteroatoms. The third-order valence-corrected chi connectivity index (χ3v) is 4.20. The molecule has 0 spiro atoms. The maximum absolute atomic E-state index is 12.0. The highest BCUT2D eigenvalue weighted by Gasteiger charge is 2.07. The molecule has 3 nitrogen and oxygen atoms in total. The molecular formula is C11H17F2NO2S2. The molecule has 0 bridgehead atoms. The second-order valence-corrected chi connectivity index (χ2v) is 6.39. The predicted molar refractivity (Wildman–Crippen MR) is 71.3 cm³/mol. The van der Waals surface area contributed by atoms with Gasteiger partial charge in [-0.2, -0.15) is 8.78 Å². The Balaban J connectivity index is 2.20. The van der Waals surface area contributed by atoms with Crippen molar-refractivity contribution in [3.05, 3.63) is 23.7 Å². The van der Waals surface area contributed by atoms with Crippen LogP contribution in [0, 0.1) is 0 Å². The molecule has 0 aliphatic carbocycles. The van der Waals surface area contributed by atoms with Crippen molar-refractivity contribution in [3.8, 4) is 0 Å². The number of halogens is 2. The van der Waals surface area contributed by atoms with Crippen LogP contribution in [-0.2, 0) is 23.1 Å². The Bertz CT molecular complexity index is 372. The Morgan fingerprint density at radius 1 is 1.44 bits per heavy atom. The molecule has 1 aromatic heterocycles. The van der Waals surface area contributed by atoms with Crippen LogP contribution in [0.25, 0.3) is 0 Å². The van der Waals surface area contributed by atoms with Crippen LogP contribution in [0.15, 0.2) is 16.5 Å². The third-order valence-electron chi connectivity index (χ3n) is 2.20. The van der Waals surface area contributed by atoms with Crippen LogP contribution in [0.3, 0.4) is 0 Å². The van der Waals surface area contributed by atoms with E-state index in [2.05, 4.69) is 5.32 Å². The van der Waals surface area contributed by atoms with Crippen LogP contribution in [-0.4, -0.2) is 28.0 Å². The van der Waals surface area contributed by atoms with Crippen molar-refractivity contribution in [1.82, 2.24) is 5.32 Å². The highest BCUT2D eigenvalue weighted by molar-refractivity contribution is 7.98. The normalized spacial score (nSPS) is 13.1. The van der Waals surface area contributed by atoms with Crippen molar-refractivity contribution >= 4 is 22.6 Å². The maximum atomic E-state index is 12.0. The molecule has 104 valence electrons.